The first-order chi connectivity index (χ1) is 15.8. The number of aromatic nitrogens is 4. The van der Waals surface area contributed by atoms with Gasteiger partial charge in [0.2, 0.25) is 0 Å². The molecule has 1 aliphatic rings. The Kier molecular flexibility index (Phi) is 6.70. The van der Waals surface area contributed by atoms with E-state index in [-0.39, 0.29) is 35.1 Å². The summed E-state index contributed by atoms with van der Waals surface area (Å²) in [5.41, 5.74) is 0.400. The van der Waals surface area contributed by atoms with Crippen LogP contribution in [0.25, 0.3) is 5.65 Å². The van der Waals surface area contributed by atoms with Crippen LogP contribution in [0.5, 0.6) is 0 Å². The fraction of sp³-hybridized carbons (Fsp3) is 0.476. The minimum Gasteiger partial charge on any atom is -0.368 e. The van der Waals surface area contributed by atoms with Crippen molar-refractivity contribution in [2.45, 2.75) is 50.6 Å². The molecule has 1 amide bonds. The minimum absolute atomic E-state index is 0.0619. The first-order valence-corrected chi connectivity index (χ1v) is 10.7. The highest BCUT2D eigenvalue weighted by molar-refractivity contribution is 5.98. The van der Waals surface area contributed by atoms with E-state index >= 15 is 0 Å². The molecule has 12 heteroatoms. The number of pyridine rings is 1. The molecule has 3 N–H and O–H groups in total. The second-order valence-electron chi connectivity index (χ2n) is 8.07. The number of aryl methyl sites for hydroxylation is 1. The van der Waals surface area contributed by atoms with Crippen molar-refractivity contribution in [3.8, 4) is 0 Å². The Morgan fingerprint density at radius 3 is 2.58 bits per heavy atom. The molecule has 1 saturated carbocycles. The van der Waals surface area contributed by atoms with Gasteiger partial charge in [0.15, 0.2) is 0 Å². The number of nitrogens with zero attached hydrogens (tertiary/aromatic N) is 4. The van der Waals surface area contributed by atoms with Gasteiger partial charge >= 0.3 is 0 Å². The standard InChI is InChI=1S/C21H25F4N7O/c1-31-20(26-10-16(22)23)14(9-27-31)21(33)29-13-7-5-12(6-8-13)28-17-3-2-4-18-30-15(19(24)25)11-32(17)18/h2-4,9,11-13,16,19,26,28H,5-8,10H2,1H3,(H,29,33)/t12-,13+. The van der Waals surface area contributed by atoms with Crippen LogP contribution in [0.3, 0.4) is 0 Å². The van der Waals surface area contributed by atoms with Gasteiger partial charge in [-0.2, -0.15) is 5.10 Å². The summed E-state index contributed by atoms with van der Waals surface area (Å²) in [5, 5.41) is 12.9. The van der Waals surface area contributed by atoms with Gasteiger partial charge in [0.05, 0.1) is 12.7 Å². The Balaban J connectivity index is 1.34. The van der Waals surface area contributed by atoms with E-state index in [1.807, 2.05) is 6.07 Å². The number of carbonyl (C=O) groups excluding carboxylic acids is 1. The van der Waals surface area contributed by atoms with Gasteiger partial charge in [0.25, 0.3) is 18.8 Å². The van der Waals surface area contributed by atoms with E-state index < -0.39 is 19.4 Å². The molecule has 1 aliphatic carbocycles. The van der Waals surface area contributed by atoms with Crippen LogP contribution >= 0.6 is 0 Å². The van der Waals surface area contributed by atoms with E-state index in [1.165, 1.54) is 17.1 Å². The number of imidazole rings is 1. The molecule has 0 radical (unpaired) electrons. The minimum atomic E-state index is -2.64. The van der Waals surface area contributed by atoms with Gasteiger partial charge in [-0.1, -0.05) is 6.07 Å². The molecule has 178 valence electrons. The van der Waals surface area contributed by atoms with Gasteiger partial charge in [0.1, 0.15) is 28.5 Å². The average Bonchev–Trinajstić information content (AvgIpc) is 3.38. The fourth-order valence-electron chi connectivity index (χ4n) is 4.09. The lowest BCUT2D eigenvalue weighted by atomic mass is 9.91. The van der Waals surface area contributed by atoms with E-state index in [0.29, 0.717) is 24.3 Å². The van der Waals surface area contributed by atoms with Crippen molar-refractivity contribution in [3.63, 3.8) is 0 Å². The zero-order valence-electron chi connectivity index (χ0n) is 17.9. The molecule has 8 nitrogen and oxygen atoms in total. The lowest BCUT2D eigenvalue weighted by Gasteiger charge is -2.30. The Morgan fingerprint density at radius 2 is 1.88 bits per heavy atom. The number of hydrogen-bond donors (Lipinski definition) is 3. The summed E-state index contributed by atoms with van der Waals surface area (Å²) in [6, 6.07) is 5.30. The topological polar surface area (TPSA) is 88.3 Å². The molecule has 0 aliphatic heterocycles. The highest BCUT2D eigenvalue weighted by atomic mass is 19.3. The molecule has 0 saturated heterocycles. The predicted molar refractivity (Wildman–Crippen MR) is 115 cm³/mol. The Bertz CT molecular complexity index is 1110. The third-order valence-electron chi connectivity index (χ3n) is 5.76. The van der Waals surface area contributed by atoms with Crippen molar-refractivity contribution in [1.29, 1.82) is 0 Å². The summed E-state index contributed by atoms with van der Waals surface area (Å²) in [4.78, 5) is 16.6. The quantitative estimate of drug-likeness (QED) is 0.438. The molecular formula is C21H25F4N7O. The Morgan fingerprint density at radius 1 is 1.15 bits per heavy atom. The summed E-state index contributed by atoms with van der Waals surface area (Å²) >= 11 is 0. The number of fused-ring (bicyclic) bond motifs is 1. The number of amides is 1. The van der Waals surface area contributed by atoms with Gasteiger partial charge in [-0.15, -0.1) is 0 Å². The van der Waals surface area contributed by atoms with Crippen molar-refractivity contribution in [2.24, 2.45) is 7.05 Å². The second kappa shape index (κ2) is 9.67. The first-order valence-electron chi connectivity index (χ1n) is 10.7. The van der Waals surface area contributed by atoms with Crippen LogP contribution in [0.4, 0.5) is 29.2 Å². The highest BCUT2D eigenvalue weighted by Crippen LogP contribution is 2.25. The number of rotatable bonds is 8. The van der Waals surface area contributed by atoms with E-state index in [2.05, 4.69) is 26.0 Å². The zero-order valence-corrected chi connectivity index (χ0v) is 17.9. The molecular weight excluding hydrogens is 442 g/mol. The molecule has 3 aromatic rings. The van der Waals surface area contributed by atoms with Crippen molar-refractivity contribution < 1.29 is 22.4 Å². The maximum Gasteiger partial charge on any atom is 0.281 e. The monoisotopic (exact) mass is 467 g/mol. The number of hydrogen-bond acceptors (Lipinski definition) is 5. The van der Waals surface area contributed by atoms with Crippen LogP contribution in [0.1, 0.15) is 48.2 Å². The third kappa shape index (κ3) is 5.20. The van der Waals surface area contributed by atoms with Crippen molar-refractivity contribution in [2.75, 3.05) is 17.2 Å². The van der Waals surface area contributed by atoms with Crippen LogP contribution in [0, 0.1) is 0 Å². The number of carbonyl (C=O) groups is 1. The summed E-state index contributed by atoms with van der Waals surface area (Å²) in [7, 11) is 1.58. The fourth-order valence-corrected chi connectivity index (χ4v) is 4.09. The highest BCUT2D eigenvalue weighted by Gasteiger charge is 2.25. The van der Waals surface area contributed by atoms with Gasteiger partial charge in [-0.05, 0) is 37.8 Å². The van der Waals surface area contributed by atoms with Crippen LogP contribution in [-0.2, 0) is 7.05 Å². The number of nitrogens with one attached hydrogen (secondary N) is 3. The van der Waals surface area contributed by atoms with Gasteiger partial charge in [-0.25, -0.2) is 22.5 Å². The van der Waals surface area contributed by atoms with Crippen LogP contribution in [0.2, 0.25) is 0 Å². The number of halogens is 4. The maximum atomic E-state index is 13.0. The van der Waals surface area contributed by atoms with Gasteiger partial charge in [0, 0.05) is 25.3 Å². The average molecular weight is 467 g/mol. The number of alkyl halides is 4. The van der Waals surface area contributed by atoms with Crippen molar-refractivity contribution >= 4 is 23.2 Å². The van der Waals surface area contributed by atoms with E-state index in [1.54, 1.807) is 23.6 Å². The Hall–Kier alpha value is -3.31. The SMILES string of the molecule is Cn1ncc(C(=O)N[C@H]2CC[C@@H](Nc3cccc4nc(C(F)F)cn34)CC2)c1NCC(F)F. The largest absolute Gasteiger partial charge is 0.368 e. The van der Waals surface area contributed by atoms with Gasteiger partial charge < -0.3 is 16.0 Å². The van der Waals surface area contributed by atoms with Crippen LogP contribution in [0.15, 0.2) is 30.6 Å². The summed E-state index contributed by atoms with van der Waals surface area (Å²) in [5.74, 6) is 0.572. The molecule has 4 rings (SSSR count). The summed E-state index contributed by atoms with van der Waals surface area (Å²) in [6.07, 6.45) is 0.466. The second-order valence-corrected chi connectivity index (χ2v) is 8.07. The molecule has 0 spiro atoms. The number of anilines is 2. The smallest absolute Gasteiger partial charge is 0.281 e. The van der Waals surface area contributed by atoms with Crippen molar-refractivity contribution in [1.82, 2.24) is 24.5 Å². The molecule has 0 unspecified atom stereocenters. The molecule has 0 aromatic carbocycles. The molecule has 33 heavy (non-hydrogen) atoms. The lowest BCUT2D eigenvalue weighted by molar-refractivity contribution is 0.0927. The predicted octanol–water partition coefficient (Wildman–Crippen LogP) is 3.84. The molecule has 3 aromatic heterocycles. The van der Waals surface area contributed by atoms with Gasteiger partial charge in [-0.3, -0.25) is 13.9 Å². The Labute approximate surface area is 187 Å². The lowest BCUT2D eigenvalue weighted by Crippen LogP contribution is -2.40. The first kappa shape index (κ1) is 22.9. The molecule has 1 fully saturated rings. The van der Waals surface area contributed by atoms with E-state index in [4.69, 9.17) is 0 Å². The van der Waals surface area contributed by atoms with E-state index in [0.717, 1.165) is 12.8 Å². The molecule has 3 heterocycles. The molecule has 0 atom stereocenters. The molecule has 0 bridgehead atoms. The maximum absolute atomic E-state index is 13.0. The van der Waals surface area contributed by atoms with Crippen LogP contribution < -0.4 is 16.0 Å². The zero-order chi connectivity index (χ0) is 23.5. The van der Waals surface area contributed by atoms with Crippen LogP contribution in [-0.4, -0.2) is 50.1 Å². The normalized spacial score (nSPS) is 18.8. The third-order valence-corrected chi connectivity index (χ3v) is 5.76. The van der Waals surface area contributed by atoms with E-state index in [9.17, 15) is 22.4 Å². The summed E-state index contributed by atoms with van der Waals surface area (Å²) in [6.45, 7) is -0.570. The van der Waals surface area contributed by atoms with Crippen molar-refractivity contribution in [3.05, 3.63) is 41.9 Å². The summed E-state index contributed by atoms with van der Waals surface area (Å²) < 4.78 is 54.1.